The van der Waals surface area contributed by atoms with Gasteiger partial charge in [-0.05, 0) is 24.1 Å². The Bertz CT molecular complexity index is 496. The highest BCUT2D eigenvalue weighted by Gasteiger charge is 2.09. The normalized spacial score (nSPS) is 10.4. The molecule has 0 bridgehead atoms. The monoisotopic (exact) mass is 253 g/mol. The summed E-state index contributed by atoms with van der Waals surface area (Å²) >= 11 is 7.28. The molecule has 1 aromatic carbocycles. The van der Waals surface area contributed by atoms with Gasteiger partial charge < -0.3 is 4.74 Å². The highest BCUT2D eigenvalue weighted by Crippen LogP contribution is 2.32. The Kier molecular flexibility index (Phi) is 3.46. The maximum absolute atomic E-state index is 5.85. The Morgan fingerprint density at radius 3 is 2.81 bits per heavy atom. The van der Waals surface area contributed by atoms with Gasteiger partial charge in [-0.25, -0.2) is 4.98 Å². The van der Waals surface area contributed by atoms with E-state index in [0.717, 1.165) is 23.4 Å². The lowest BCUT2D eigenvalue weighted by atomic mass is 10.1. The van der Waals surface area contributed by atoms with Crippen LogP contribution in [0.15, 0.2) is 23.6 Å². The van der Waals surface area contributed by atoms with Crippen molar-refractivity contribution < 1.29 is 4.74 Å². The van der Waals surface area contributed by atoms with Gasteiger partial charge in [0.05, 0.1) is 12.8 Å². The molecule has 2 nitrogen and oxygen atoms in total. The van der Waals surface area contributed by atoms with Crippen molar-refractivity contribution in [1.82, 2.24) is 4.98 Å². The molecule has 0 N–H and O–H groups in total. The standard InChI is InChI=1S/C12H12ClNOS/c1-3-8-4-5-11(15-2)9(6-8)10-7-16-12(13)14-10/h4-7H,3H2,1-2H3. The number of ether oxygens (including phenoxy) is 1. The third-order valence-corrected chi connectivity index (χ3v) is 3.40. The van der Waals surface area contributed by atoms with Gasteiger partial charge in [0, 0.05) is 10.9 Å². The van der Waals surface area contributed by atoms with Gasteiger partial charge in [-0.15, -0.1) is 11.3 Å². The van der Waals surface area contributed by atoms with Crippen LogP contribution in [0, 0.1) is 0 Å². The summed E-state index contributed by atoms with van der Waals surface area (Å²) in [6.45, 7) is 2.12. The minimum absolute atomic E-state index is 0.555. The third-order valence-electron chi connectivity index (χ3n) is 2.42. The molecular weight excluding hydrogens is 242 g/mol. The molecule has 0 saturated heterocycles. The number of nitrogens with zero attached hydrogens (tertiary/aromatic N) is 1. The van der Waals surface area contributed by atoms with Gasteiger partial charge in [0.1, 0.15) is 5.75 Å². The predicted octanol–water partition coefficient (Wildman–Crippen LogP) is 4.03. The molecule has 0 spiro atoms. The van der Waals surface area contributed by atoms with Gasteiger partial charge >= 0.3 is 0 Å². The Morgan fingerprint density at radius 1 is 1.44 bits per heavy atom. The van der Waals surface area contributed by atoms with Gasteiger partial charge in [0.2, 0.25) is 0 Å². The van der Waals surface area contributed by atoms with Crippen molar-refractivity contribution in [3.05, 3.63) is 33.6 Å². The Hall–Kier alpha value is -1.06. The smallest absolute Gasteiger partial charge is 0.184 e. The molecule has 16 heavy (non-hydrogen) atoms. The third kappa shape index (κ3) is 2.20. The summed E-state index contributed by atoms with van der Waals surface area (Å²) in [7, 11) is 1.67. The van der Waals surface area contributed by atoms with Crippen molar-refractivity contribution in [2.75, 3.05) is 7.11 Å². The fraction of sp³-hybridized carbons (Fsp3) is 0.250. The molecule has 0 aliphatic carbocycles. The molecule has 0 aliphatic heterocycles. The number of hydrogen-bond donors (Lipinski definition) is 0. The molecular formula is C12H12ClNOS. The average molecular weight is 254 g/mol. The summed E-state index contributed by atoms with van der Waals surface area (Å²) in [6.07, 6.45) is 0.995. The number of aryl methyl sites for hydroxylation is 1. The second-order valence-corrected chi connectivity index (χ2v) is 4.81. The van der Waals surface area contributed by atoms with Crippen LogP contribution in [0.2, 0.25) is 4.47 Å². The lowest BCUT2D eigenvalue weighted by Crippen LogP contribution is -1.90. The Balaban J connectivity index is 2.52. The first kappa shape index (κ1) is 11.4. The van der Waals surface area contributed by atoms with Crippen LogP contribution in [0.3, 0.4) is 0 Å². The summed E-state index contributed by atoms with van der Waals surface area (Å²) < 4.78 is 5.88. The van der Waals surface area contributed by atoms with E-state index < -0.39 is 0 Å². The Morgan fingerprint density at radius 2 is 2.25 bits per heavy atom. The largest absolute Gasteiger partial charge is 0.496 e. The number of halogens is 1. The van der Waals surface area contributed by atoms with E-state index in [-0.39, 0.29) is 0 Å². The van der Waals surface area contributed by atoms with E-state index >= 15 is 0 Å². The molecule has 4 heteroatoms. The summed E-state index contributed by atoms with van der Waals surface area (Å²) in [5, 5.41) is 1.94. The van der Waals surface area contributed by atoms with E-state index in [4.69, 9.17) is 16.3 Å². The number of thiazole rings is 1. The SMILES string of the molecule is CCc1ccc(OC)c(-c2csc(Cl)n2)c1. The lowest BCUT2D eigenvalue weighted by Gasteiger charge is -2.07. The molecule has 0 radical (unpaired) electrons. The lowest BCUT2D eigenvalue weighted by molar-refractivity contribution is 0.416. The van der Waals surface area contributed by atoms with E-state index in [2.05, 4.69) is 24.0 Å². The minimum Gasteiger partial charge on any atom is -0.496 e. The van der Waals surface area contributed by atoms with Gasteiger partial charge in [-0.1, -0.05) is 24.6 Å². The molecule has 0 amide bonds. The molecule has 1 aromatic heterocycles. The van der Waals surface area contributed by atoms with Crippen LogP contribution in [0.1, 0.15) is 12.5 Å². The van der Waals surface area contributed by atoms with Crippen LogP contribution >= 0.6 is 22.9 Å². The van der Waals surface area contributed by atoms with E-state index in [9.17, 15) is 0 Å². The van der Waals surface area contributed by atoms with Crippen molar-refractivity contribution in [2.45, 2.75) is 13.3 Å². The van der Waals surface area contributed by atoms with Gasteiger partial charge in [0.25, 0.3) is 0 Å². The van der Waals surface area contributed by atoms with Crippen LogP contribution in [-0.4, -0.2) is 12.1 Å². The van der Waals surface area contributed by atoms with Gasteiger partial charge in [-0.2, -0.15) is 0 Å². The summed E-state index contributed by atoms with van der Waals surface area (Å²) in [6, 6.07) is 6.14. The zero-order valence-electron chi connectivity index (χ0n) is 9.16. The number of rotatable bonds is 3. The number of hydrogen-bond acceptors (Lipinski definition) is 3. The van der Waals surface area contributed by atoms with Crippen LogP contribution in [-0.2, 0) is 6.42 Å². The molecule has 84 valence electrons. The number of aromatic nitrogens is 1. The fourth-order valence-corrected chi connectivity index (χ4v) is 2.32. The van der Waals surface area contributed by atoms with E-state index in [0.29, 0.717) is 4.47 Å². The second-order valence-electron chi connectivity index (χ2n) is 3.37. The first-order valence-corrected chi connectivity index (χ1v) is 6.28. The van der Waals surface area contributed by atoms with Crippen LogP contribution < -0.4 is 4.74 Å². The average Bonchev–Trinajstić information content (AvgIpc) is 2.75. The molecule has 0 unspecified atom stereocenters. The van der Waals surface area contributed by atoms with Gasteiger partial charge in [0.15, 0.2) is 4.47 Å². The highest BCUT2D eigenvalue weighted by atomic mass is 35.5. The summed E-state index contributed by atoms with van der Waals surface area (Å²) in [5.41, 5.74) is 3.15. The molecule has 0 atom stereocenters. The molecule has 2 aromatic rings. The first-order valence-electron chi connectivity index (χ1n) is 5.03. The molecule has 0 saturated carbocycles. The fourth-order valence-electron chi connectivity index (χ4n) is 1.55. The minimum atomic E-state index is 0.555. The molecule has 2 rings (SSSR count). The molecule has 0 aliphatic rings. The van der Waals surface area contributed by atoms with Crippen LogP contribution in [0.4, 0.5) is 0 Å². The van der Waals surface area contributed by atoms with Crippen molar-refractivity contribution >= 4 is 22.9 Å². The quantitative estimate of drug-likeness (QED) is 0.824. The van der Waals surface area contributed by atoms with Crippen molar-refractivity contribution in [3.8, 4) is 17.0 Å². The van der Waals surface area contributed by atoms with Crippen LogP contribution in [0.5, 0.6) is 5.75 Å². The van der Waals surface area contributed by atoms with Crippen molar-refractivity contribution in [3.63, 3.8) is 0 Å². The highest BCUT2D eigenvalue weighted by molar-refractivity contribution is 7.14. The predicted molar refractivity (Wildman–Crippen MR) is 68.5 cm³/mol. The zero-order chi connectivity index (χ0) is 11.5. The maximum Gasteiger partial charge on any atom is 0.184 e. The second kappa shape index (κ2) is 4.85. The Labute approximate surface area is 104 Å². The maximum atomic E-state index is 5.85. The van der Waals surface area contributed by atoms with Crippen LogP contribution in [0.25, 0.3) is 11.3 Å². The van der Waals surface area contributed by atoms with E-state index in [1.54, 1.807) is 7.11 Å². The number of benzene rings is 1. The topological polar surface area (TPSA) is 22.1 Å². The molecule has 0 fully saturated rings. The van der Waals surface area contributed by atoms with E-state index in [1.165, 1.54) is 16.9 Å². The first-order chi connectivity index (χ1) is 7.74. The van der Waals surface area contributed by atoms with E-state index in [1.807, 2.05) is 11.4 Å². The zero-order valence-corrected chi connectivity index (χ0v) is 10.7. The van der Waals surface area contributed by atoms with Crippen molar-refractivity contribution in [2.24, 2.45) is 0 Å². The van der Waals surface area contributed by atoms with Crippen molar-refractivity contribution in [1.29, 1.82) is 0 Å². The summed E-state index contributed by atoms with van der Waals surface area (Å²) in [4.78, 5) is 4.27. The summed E-state index contributed by atoms with van der Waals surface area (Å²) in [5.74, 6) is 0.833. The number of methoxy groups -OCH3 is 1. The molecule has 1 heterocycles. The van der Waals surface area contributed by atoms with Gasteiger partial charge in [-0.3, -0.25) is 0 Å².